The SMILES string of the molecule is [B]C([B])(O)C([B])(O)C1(C([B])([B])C([B])(O)O)CN(Cc2ccc(C(F)(F)F)cc2)CCC1c1ccc2c(c1F)CN(C1CCC(=O)NC1=O)C2=O. The Bertz CT molecular complexity index is 1670. The topological polar surface area (TPSA) is 151 Å². The number of carbonyl (C=O) groups is 3. The molecule has 2 aromatic carbocycles. The average Bonchev–Trinajstić information content (AvgIpc) is 3.32. The van der Waals surface area contributed by atoms with Crippen LogP contribution in [0.3, 0.4) is 0 Å². The summed E-state index contributed by atoms with van der Waals surface area (Å²) in [5.41, 5.74) is -11.3. The van der Waals surface area contributed by atoms with Crippen LogP contribution in [0.4, 0.5) is 17.6 Å². The van der Waals surface area contributed by atoms with Crippen molar-refractivity contribution in [1.29, 1.82) is 0 Å². The Labute approximate surface area is 292 Å². The first-order valence-corrected chi connectivity index (χ1v) is 15.3. The maximum Gasteiger partial charge on any atom is 0.416 e. The number of imide groups is 1. The number of benzene rings is 2. The van der Waals surface area contributed by atoms with Gasteiger partial charge in [0, 0.05) is 47.0 Å². The number of nitrogens with zero attached hydrogens (tertiary/aromatic N) is 2. The van der Waals surface area contributed by atoms with Crippen molar-refractivity contribution in [2.45, 2.75) is 72.3 Å². The number of nitrogens with one attached hydrogen (secondary N) is 1. The molecule has 2 aromatic rings. The molecule has 4 atom stereocenters. The lowest BCUT2D eigenvalue weighted by Crippen LogP contribution is -2.77. The van der Waals surface area contributed by atoms with Gasteiger partial charge in [-0.2, -0.15) is 13.2 Å². The third-order valence-electron chi connectivity index (χ3n) is 10.2. The molecule has 12 radical (unpaired) electrons. The minimum atomic E-state index is -4.62. The molecule has 3 aliphatic rings. The molecule has 5 N–H and O–H groups in total. The fourth-order valence-electron chi connectivity index (χ4n) is 7.41. The summed E-state index contributed by atoms with van der Waals surface area (Å²) in [4.78, 5) is 40.1. The zero-order valence-corrected chi connectivity index (χ0v) is 26.5. The van der Waals surface area contributed by atoms with Gasteiger partial charge in [-0.25, -0.2) is 4.39 Å². The third-order valence-corrected chi connectivity index (χ3v) is 10.2. The second-order valence-electron chi connectivity index (χ2n) is 13.3. The lowest BCUT2D eigenvalue weighted by Gasteiger charge is -2.69. The fraction of sp³-hybridized carbons (Fsp3) is 0.500. The molecule has 3 heterocycles. The Morgan fingerprint density at radius 3 is 2.06 bits per heavy atom. The predicted octanol–water partition coefficient (Wildman–Crippen LogP) is -1.32. The highest BCUT2D eigenvalue weighted by atomic mass is 19.4. The Hall–Kier alpha value is -3.04. The molecule has 50 heavy (non-hydrogen) atoms. The molecule has 250 valence electrons. The standard InChI is InChI=1S/C30H27B6F4N3O7/c31-27(32,30(36,49)50)25(28(33,47)29(34,35)48)13-42(11-14-1-3-15(4-2-14)26(38,39)40)10-9-19(25)17-6-5-16-18(22(17)37)12-43(24(16)46)20-7-8-21(44)41-23(20)45/h1-6,19-20,47-50H,7-13H2,(H,41,44,45). The van der Waals surface area contributed by atoms with E-state index >= 15 is 4.39 Å². The summed E-state index contributed by atoms with van der Waals surface area (Å²) in [6.45, 7) is -1.43. The summed E-state index contributed by atoms with van der Waals surface area (Å²) in [7, 11) is 36.1. The Balaban J connectivity index is 1.63. The highest BCUT2D eigenvalue weighted by Gasteiger charge is 2.68. The lowest BCUT2D eigenvalue weighted by atomic mass is 9.24. The van der Waals surface area contributed by atoms with Crippen molar-refractivity contribution >= 4 is 64.8 Å². The first-order chi connectivity index (χ1) is 22.8. The summed E-state index contributed by atoms with van der Waals surface area (Å²) in [6.07, 6.45) is -5.00. The molecular weight excluding hydrogens is 655 g/mol. The van der Waals surface area contributed by atoms with E-state index in [1.165, 1.54) is 23.1 Å². The summed E-state index contributed by atoms with van der Waals surface area (Å²) >= 11 is 0. The molecule has 10 nitrogen and oxygen atoms in total. The zero-order chi connectivity index (χ0) is 37.4. The monoisotopic (exact) mass is 683 g/mol. The van der Waals surface area contributed by atoms with Crippen molar-refractivity contribution in [1.82, 2.24) is 15.1 Å². The molecule has 0 spiro atoms. The molecule has 3 aliphatic heterocycles. The number of aliphatic hydroxyl groups is 4. The van der Waals surface area contributed by atoms with Crippen LogP contribution in [0.1, 0.15) is 57.8 Å². The number of piperidine rings is 2. The van der Waals surface area contributed by atoms with E-state index in [1.807, 2.05) is 0 Å². The lowest BCUT2D eigenvalue weighted by molar-refractivity contribution is -0.198. The van der Waals surface area contributed by atoms with Crippen LogP contribution in [0.2, 0.25) is 5.21 Å². The molecule has 4 unspecified atom stereocenters. The number of carbonyl (C=O) groups excluding carboxylic acids is 3. The van der Waals surface area contributed by atoms with Gasteiger partial charge in [0.15, 0.2) is 7.85 Å². The maximum absolute atomic E-state index is 16.8. The Morgan fingerprint density at radius 2 is 1.52 bits per heavy atom. The van der Waals surface area contributed by atoms with Crippen molar-refractivity contribution in [3.05, 3.63) is 70.0 Å². The number of alkyl halides is 3. The second kappa shape index (κ2) is 12.6. The first-order valence-electron chi connectivity index (χ1n) is 15.3. The van der Waals surface area contributed by atoms with Crippen LogP contribution >= 0.6 is 0 Å². The number of fused-ring (bicyclic) bond motifs is 1. The van der Waals surface area contributed by atoms with Crippen LogP contribution in [0.25, 0.3) is 0 Å². The normalized spacial score (nSPS) is 25.3. The Kier molecular flexibility index (Phi) is 9.60. The van der Waals surface area contributed by atoms with Crippen molar-refractivity contribution in [3.8, 4) is 0 Å². The number of rotatable bonds is 8. The minimum absolute atomic E-state index is 0.0143. The van der Waals surface area contributed by atoms with Crippen molar-refractivity contribution in [2.75, 3.05) is 13.1 Å². The van der Waals surface area contributed by atoms with Gasteiger partial charge < -0.3 is 25.3 Å². The first kappa shape index (κ1) is 38.2. The molecular formula is C30H27B6F4N3O7. The van der Waals surface area contributed by atoms with E-state index in [0.717, 1.165) is 23.1 Å². The van der Waals surface area contributed by atoms with E-state index in [1.54, 1.807) is 0 Å². The van der Waals surface area contributed by atoms with Crippen molar-refractivity contribution in [2.24, 2.45) is 5.41 Å². The molecule has 5 rings (SSSR count). The van der Waals surface area contributed by atoms with Gasteiger partial charge in [0.25, 0.3) is 5.91 Å². The smallest absolute Gasteiger partial charge is 0.407 e. The summed E-state index contributed by atoms with van der Waals surface area (Å²) in [6, 6.07) is 5.24. The summed E-state index contributed by atoms with van der Waals surface area (Å²) in [5, 5.41) is 39.8. The van der Waals surface area contributed by atoms with Gasteiger partial charge >= 0.3 is 6.18 Å². The largest absolute Gasteiger partial charge is 0.416 e. The van der Waals surface area contributed by atoms with Crippen LogP contribution in [0, 0.1) is 11.2 Å². The maximum atomic E-state index is 16.8. The quantitative estimate of drug-likeness (QED) is 0.0997. The van der Waals surface area contributed by atoms with E-state index in [-0.39, 0.29) is 49.0 Å². The van der Waals surface area contributed by atoms with E-state index in [4.69, 9.17) is 47.1 Å². The molecule has 2 fully saturated rings. The molecule has 0 saturated carbocycles. The number of halogens is 4. The van der Waals surface area contributed by atoms with Gasteiger partial charge in [-0.3, -0.25) is 24.6 Å². The van der Waals surface area contributed by atoms with Crippen LogP contribution in [-0.4, -0.2) is 131 Å². The minimum Gasteiger partial charge on any atom is -0.407 e. The molecule has 3 amide bonds. The van der Waals surface area contributed by atoms with Crippen LogP contribution in [-0.2, 0) is 28.9 Å². The summed E-state index contributed by atoms with van der Waals surface area (Å²) in [5.74, 6) is -4.69. The molecule has 2 saturated heterocycles. The molecule has 20 heteroatoms. The van der Waals surface area contributed by atoms with Gasteiger partial charge in [0.2, 0.25) is 11.8 Å². The highest BCUT2D eigenvalue weighted by Crippen LogP contribution is 2.64. The zero-order valence-electron chi connectivity index (χ0n) is 26.5. The highest BCUT2D eigenvalue weighted by molar-refractivity contribution is 6.48. The van der Waals surface area contributed by atoms with E-state index in [2.05, 4.69) is 5.32 Å². The van der Waals surface area contributed by atoms with Crippen LogP contribution in [0.15, 0.2) is 36.4 Å². The van der Waals surface area contributed by atoms with Crippen molar-refractivity contribution in [3.63, 3.8) is 0 Å². The summed E-state index contributed by atoms with van der Waals surface area (Å²) < 4.78 is 56.4. The molecule has 0 aliphatic carbocycles. The fourth-order valence-corrected chi connectivity index (χ4v) is 7.41. The number of hydrogen-bond donors (Lipinski definition) is 5. The average molecular weight is 682 g/mol. The predicted molar refractivity (Wildman–Crippen MR) is 173 cm³/mol. The number of amides is 3. The number of hydrogen-bond acceptors (Lipinski definition) is 8. The molecule has 0 aromatic heterocycles. The van der Waals surface area contributed by atoms with Crippen molar-refractivity contribution < 1.29 is 52.4 Å². The van der Waals surface area contributed by atoms with E-state index in [9.17, 15) is 48.0 Å². The second-order valence-corrected chi connectivity index (χ2v) is 13.3. The van der Waals surface area contributed by atoms with Crippen LogP contribution < -0.4 is 5.32 Å². The Morgan fingerprint density at radius 1 is 0.900 bits per heavy atom. The van der Waals surface area contributed by atoms with Crippen LogP contribution in [0.5, 0.6) is 0 Å². The van der Waals surface area contributed by atoms with Gasteiger partial charge in [0.1, 0.15) is 41.1 Å². The number of likely N-dealkylation sites (tertiary alicyclic amines) is 1. The van der Waals surface area contributed by atoms with Gasteiger partial charge in [-0.15, -0.1) is 0 Å². The van der Waals surface area contributed by atoms with Gasteiger partial charge in [0.05, 0.1) is 27.8 Å². The third kappa shape index (κ3) is 6.14. The van der Waals surface area contributed by atoms with Gasteiger partial charge in [-0.05, 0) is 59.8 Å². The van der Waals surface area contributed by atoms with E-state index < -0.39 is 87.5 Å². The van der Waals surface area contributed by atoms with E-state index in [0.29, 0.717) is 5.56 Å². The van der Waals surface area contributed by atoms with Gasteiger partial charge in [-0.1, -0.05) is 18.2 Å². The molecule has 0 bridgehead atoms.